The molecule has 0 bridgehead atoms. The molecule has 0 saturated heterocycles. The number of esters is 1. The molecular formula is C7H10ClNO4. The molecule has 6 heteroatoms. The van der Waals surface area contributed by atoms with Crippen LogP contribution in [0, 0.1) is 0 Å². The number of Topliss-reactive ketones (excluding diaryl/α,β-unsaturated/α-hetero) is 1. The highest BCUT2D eigenvalue weighted by Crippen LogP contribution is 1.89. The first-order chi connectivity index (χ1) is 6.13. The molecule has 0 aromatic heterocycles. The van der Waals surface area contributed by atoms with Crippen LogP contribution in [0.15, 0.2) is 5.16 Å². The van der Waals surface area contributed by atoms with Gasteiger partial charge in [-0.15, -0.1) is 11.6 Å². The Hall–Kier alpha value is -1.10. The third-order valence-electron chi connectivity index (χ3n) is 1.02. The molecule has 0 unspecified atom stereocenters. The first-order valence-electron chi connectivity index (χ1n) is 3.48. The molecule has 0 heterocycles. The lowest BCUT2D eigenvalue weighted by Crippen LogP contribution is -2.25. The number of rotatable bonds is 5. The van der Waals surface area contributed by atoms with Crippen molar-refractivity contribution >= 4 is 29.1 Å². The van der Waals surface area contributed by atoms with E-state index in [2.05, 4.69) is 14.7 Å². The number of ether oxygens (including phenoxy) is 1. The largest absolute Gasteiger partial charge is 0.460 e. The Bertz CT molecular complexity index is 227. The highest BCUT2D eigenvalue weighted by molar-refractivity contribution is 6.63. The zero-order valence-electron chi connectivity index (χ0n) is 7.37. The summed E-state index contributed by atoms with van der Waals surface area (Å²) in [6, 6.07) is 0. The van der Waals surface area contributed by atoms with E-state index in [1.54, 1.807) is 0 Å². The number of carbonyl (C=O) groups excluding carboxylic acids is 2. The summed E-state index contributed by atoms with van der Waals surface area (Å²) in [7, 11) is 1.23. The molecule has 0 N–H and O–H groups in total. The van der Waals surface area contributed by atoms with Gasteiger partial charge >= 0.3 is 5.97 Å². The Balaban J connectivity index is 4.30. The fraction of sp³-hybridized carbons (Fsp3) is 0.571. The molecule has 13 heavy (non-hydrogen) atoms. The molecule has 0 aromatic carbocycles. The summed E-state index contributed by atoms with van der Waals surface area (Å²) in [5, 5.41) is 3.23. The monoisotopic (exact) mass is 207 g/mol. The van der Waals surface area contributed by atoms with E-state index in [-0.39, 0.29) is 18.2 Å². The van der Waals surface area contributed by atoms with E-state index in [9.17, 15) is 9.59 Å². The summed E-state index contributed by atoms with van der Waals surface area (Å²) in [4.78, 5) is 26.1. The van der Waals surface area contributed by atoms with Gasteiger partial charge in [0.1, 0.15) is 13.7 Å². The fourth-order valence-corrected chi connectivity index (χ4v) is 0.613. The zero-order chi connectivity index (χ0) is 10.3. The molecule has 0 aromatic rings. The standard InChI is InChI=1S/C7H10ClNO4/c1-5(10)6(9-12-2)7(11)13-4-3-8/h3-4H2,1-2H3/b9-6-. The van der Waals surface area contributed by atoms with Gasteiger partial charge in [-0.1, -0.05) is 5.16 Å². The Morgan fingerprint density at radius 1 is 1.46 bits per heavy atom. The number of hydrogen-bond donors (Lipinski definition) is 0. The molecule has 0 aliphatic heterocycles. The predicted molar refractivity (Wildman–Crippen MR) is 46.8 cm³/mol. The van der Waals surface area contributed by atoms with Crippen molar-refractivity contribution < 1.29 is 19.2 Å². The highest BCUT2D eigenvalue weighted by atomic mass is 35.5. The van der Waals surface area contributed by atoms with Crippen LogP contribution in [0.25, 0.3) is 0 Å². The molecule has 0 radical (unpaired) electrons. The van der Waals surface area contributed by atoms with Crippen LogP contribution in [0.5, 0.6) is 0 Å². The Labute approximate surface area is 80.6 Å². The molecule has 0 atom stereocenters. The summed E-state index contributed by atoms with van der Waals surface area (Å²) in [6.45, 7) is 1.23. The third-order valence-corrected chi connectivity index (χ3v) is 1.17. The summed E-state index contributed by atoms with van der Waals surface area (Å²) in [5.74, 6) is -1.17. The molecule has 0 aliphatic rings. The SMILES string of the molecule is CO/N=C(/C(C)=O)C(=O)OCCCl. The number of alkyl halides is 1. The molecule has 0 saturated carbocycles. The van der Waals surface area contributed by atoms with Crippen molar-refractivity contribution in [2.45, 2.75) is 6.92 Å². The number of oxime groups is 1. The van der Waals surface area contributed by atoms with Crippen molar-refractivity contribution in [2.75, 3.05) is 19.6 Å². The van der Waals surface area contributed by atoms with Crippen LogP contribution in [0.4, 0.5) is 0 Å². The number of hydrogen-bond acceptors (Lipinski definition) is 5. The van der Waals surface area contributed by atoms with Crippen LogP contribution in [0.1, 0.15) is 6.92 Å². The lowest BCUT2D eigenvalue weighted by Gasteiger charge is -2.01. The topological polar surface area (TPSA) is 65.0 Å². The molecular weight excluding hydrogens is 198 g/mol. The Morgan fingerprint density at radius 3 is 2.46 bits per heavy atom. The quantitative estimate of drug-likeness (QED) is 0.215. The number of nitrogens with zero attached hydrogens (tertiary/aromatic N) is 1. The highest BCUT2D eigenvalue weighted by Gasteiger charge is 2.18. The molecule has 0 rings (SSSR count). The van der Waals surface area contributed by atoms with E-state index in [0.717, 1.165) is 0 Å². The van der Waals surface area contributed by atoms with Crippen LogP contribution in [-0.2, 0) is 19.2 Å². The third kappa shape index (κ3) is 4.47. The van der Waals surface area contributed by atoms with E-state index in [0.29, 0.717) is 0 Å². The van der Waals surface area contributed by atoms with Gasteiger partial charge in [0.05, 0.1) is 5.88 Å². The normalized spacial score (nSPS) is 10.8. The minimum absolute atomic E-state index is 0.0381. The number of carbonyl (C=O) groups is 2. The molecule has 74 valence electrons. The number of ketones is 1. The summed E-state index contributed by atoms with van der Waals surface area (Å²) in [5.41, 5.74) is -0.368. The summed E-state index contributed by atoms with van der Waals surface area (Å²) >= 11 is 5.27. The smallest absolute Gasteiger partial charge is 0.364 e. The van der Waals surface area contributed by atoms with E-state index >= 15 is 0 Å². The first-order valence-corrected chi connectivity index (χ1v) is 4.02. The van der Waals surface area contributed by atoms with Gasteiger partial charge in [-0.25, -0.2) is 4.79 Å². The maximum atomic E-state index is 11.0. The predicted octanol–water partition coefficient (Wildman–Crippen LogP) is 0.360. The molecule has 5 nitrogen and oxygen atoms in total. The molecule has 0 aliphatic carbocycles. The second-order valence-electron chi connectivity index (χ2n) is 2.00. The lowest BCUT2D eigenvalue weighted by atomic mass is 10.3. The fourth-order valence-electron chi connectivity index (χ4n) is 0.536. The molecule has 0 amide bonds. The maximum Gasteiger partial charge on any atom is 0.364 e. The van der Waals surface area contributed by atoms with Gasteiger partial charge in [-0.2, -0.15) is 0 Å². The summed E-state index contributed by atoms with van der Waals surface area (Å²) in [6.07, 6.45) is 0. The van der Waals surface area contributed by atoms with Crippen molar-refractivity contribution in [1.82, 2.24) is 0 Å². The number of halogens is 1. The van der Waals surface area contributed by atoms with Gasteiger partial charge in [0.15, 0.2) is 5.78 Å². The van der Waals surface area contributed by atoms with E-state index in [1.165, 1.54) is 14.0 Å². The van der Waals surface area contributed by atoms with Crippen molar-refractivity contribution in [3.8, 4) is 0 Å². The minimum atomic E-state index is -0.824. The average molecular weight is 208 g/mol. The molecule has 0 fully saturated rings. The van der Waals surface area contributed by atoms with E-state index < -0.39 is 11.8 Å². The Morgan fingerprint density at radius 2 is 2.08 bits per heavy atom. The Kier molecular flexibility index (Phi) is 5.88. The van der Waals surface area contributed by atoms with Gasteiger partial charge in [0, 0.05) is 6.92 Å². The second-order valence-corrected chi connectivity index (χ2v) is 2.38. The molecule has 0 spiro atoms. The average Bonchev–Trinajstić information content (AvgIpc) is 2.09. The van der Waals surface area contributed by atoms with E-state index in [4.69, 9.17) is 11.6 Å². The van der Waals surface area contributed by atoms with Gasteiger partial charge in [-0.3, -0.25) is 4.79 Å². The van der Waals surface area contributed by atoms with Crippen LogP contribution < -0.4 is 0 Å². The van der Waals surface area contributed by atoms with Crippen LogP contribution in [-0.4, -0.2) is 37.1 Å². The van der Waals surface area contributed by atoms with Crippen LogP contribution in [0.3, 0.4) is 0 Å². The van der Waals surface area contributed by atoms with Crippen molar-refractivity contribution in [3.05, 3.63) is 0 Å². The van der Waals surface area contributed by atoms with Crippen LogP contribution in [0.2, 0.25) is 0 Å². The zero-order valence-corrected chi connectivity index (χ0v) is 8.13. The maximum absolute atomic E-state index is 11.0. The summed E-state index contributed by atoms with van der Waals surface area (Å²) < 4.78 is 4.56. The van der Waals surface area contributed by atoms with Gasteiger partial charge in [0.2, 0.25) is 5.71 Å². The van der Waals surface area contributed by atoms with Gasteiger partial charge in [0.25, 0.3) is 0 Å². The van der Waals surface area contributed by atoms with Gasteiger partial charge < -0.3 is 9.57 Å². The van der Waals surface area contributed by atoms with Crippen molar-refractivity contribution in [3.63, 3.8) is 0 Å². The van der Waals surface area contributed by atoms with Gasteiger partial charge in [-0.05, 0) is 0 Å². The second kappa shape index (κ2) is 6.42. The lowest BCUT2D eigenvalue weighted by molar-refractivity contribution is -0.135. The first kappa shape index (κ1) is 11.9. The van der Waals surface area contributed by atoms with Crippen LogP contribution >= 0.6 is 11.6 Å². The van der Waals surface area contributed by atoms with Crippen molar-refractivity contribution in [1.29, 1.82) is 0 Å². The van der Waals surface area contributed by atoms with E-state index in [1.807, 2.05) is 0 Å². The van der Waals surface area contributed by atoms with Crippen molar-refractivity contribution in [2.24, 2.45) is 5.16 Å². The minimum Gasteiger partial charge on any atom is -0.460 e.